The maximum atomic E-state index is 11.9. The van der Waals surface area contributed by atoms with Gasteiger partial charge >= 0.3 is 0 Å². The quantitative estimate of drug-likeness (QED) is 0.770. The van der Waals surface area contributed by atoms with Gasteiger partial charge in [-0.1, -0.05) is 48.5 Å². The van der Waals surface area contributed by atoms with Gasteiger partial charge in [-0.2, -0.15) is 5.10 Å². The Labute approximate surface area is 122 Å². The Balaban J connectivity index is 1.66. The van der Waals surface area contributed by atoms with Crippen LogP contribution in [0, 0.1) is 0 Å². The summed E-state index contributed by atoms with van der Waals surface area (Å²) in [5.41, 5.74) is 1.69. The van der Waals surface area contributed by atoms with Crippen LogP contribution in [0.25, 0.3) is 11.4 Å². The van der Waals surface area contributed by atoms with E-state index in [1.807, 2.05) is 60.7 Å². The molecule has 5 heteroatoms. The fraction of sp³-hybridized carbons (Fsp3) is 0.0625. The zero-order chi connectivity index (χ0) is 14.5. The van der Waals surface area contributed by atoms with Crippen molar-refractivity contribution in [3.8, 4) is 11.4 Å². The van der Waals surface area contributed by atoms with Gasteiger partial charge in [0.15, 0.2) is 5.82 Å². The maximum absolute atomic E-state index is 11.9. The lowest BCUT2D eigenvalue weighted by Gasteiger charge is -2.02. The third-order valence-electron chi connectivity index (χ3n) is 2.95. The number of nitrogens with one attached hydrogen (secondary N) is 2. The van der Waals surface area contributed by atoms with Crippen molar-refractivity contribution in [3.63, 3.8) is 0 Å². The second-order valence-electron chi connectivity index (χ2n) is 4.56. The number of carbonyl (C=O) groups is 1. The van der Waals surface area contributed by atoms with Crippen LogP contribution in [0.3, 0.4) is 0 Å². The molecule has 0 fully saturated rings. The first-order valence-electron chi connectivity index (χ1n) is 6.63. The standard InChI is InChI=1S/C16H14N4O/c21-15(17-13-9-5-2-6-10-13)11-14-18-16(20-19-14)12-7-3-1-4-8-12/h1-10H,11H2,(H,17,21)(H,18,19,20). The van der Waals surface area contributed by atoms with Gasteiger partial charge in [0.1, 0.15) is 5.82 Å². The number of benzene rings is 2. The van der Waals surface area contributed by atoms with Gasteiger partial charge < -0.3 is 5.32 Å². The van der Waals surface area contributed by atoms with E-state index in [0.29, 0.717) is 11.6 Å². The topological polar surface area (TPSA) is 70.7 Å². The second kappa shape index (κ2) is 6.00. The highest BCUT2D eigenvalue weighted by molar-refractivity contribution is 5.91. The van der Waals surface area contributed by atoms with Crippen LogP contribution >= 0.6 is 0 Å². The van der Waals surface area contributed by atoms with E-state index in [0.717, 1.165) is 11.3 Å². The number of aromatic nitrogens is 3. The molecule has 2 aromatic carbocycles. The first-order chi connectivity index (χ1) is 10.3. The van der Waals surface area contributed by atoms with E-state index in [1.165, 1.54) is 0 Å². The van der Waals surface area contributed by atoms with Crippen LogP contribution in [-0.2, 0) is 11.2 Å². The Hall–Kier alpha value is -2.95. The molecule has 0 saturated carbocycles. The molecule has 3 rings (SSSR count). The second-order valence-corrected chi connectivity index (χ2v) is 4.56. The third-order valence-corrected chi connectivity index (χ3v) is 2.95. The monoisotopic (exact) mass is 278 g/mol. The lowest BCUT2D eigenvalue weighted by atomic mass is 10.2. The summed E-state index contributed by atoms with van der Waals surface area (Å²) < 4.78 is 0. The summed E-state index contributed by atoms with van der Waals surface area (Å²) in [5.74, 6) is 1.01. The average molecular weight is 278 g/mol. The minimum absolute atomic E-state index is 0.128. The van der Waals surface area contributed by atoms with Gasteiger partial charge in [-0.25, -0.2) is 4.98 Å². The lowest BCUT2D eigenvalue weighted by molar-refractivity contribution is -0.115. The Kier molecular flexibility index (Phi) is 3.73. The minimum Gasteiger partial charge on any atom is -0.326 e. The van der Waals surface area contributed by atoms with Gasteiger partial charge in [0.05, 0.1) is 6.42 Å². The number of carbonyl (C=O) groups excluding carboxylic acids is 1. The molecule has 104 valence electrons. The molecule has 1 heterocycles. The van der Waals surface area contributed by atoms with Gasteiger partial charge in [0, 0.05) is 11.3 Å². The zero-order valence-electron chi connectivity index (χ0n) is 11.3. The van der Waals surface area contributed by atoms with E-state index in [-0.39, 0.29) is 12.3 Å². The van der Waals surface area contributed by atoms with Crippen LogP contribution in [0.15, 0.2) is 60.7 Å². The number of aromatic amines is 1. The molecule has 2 N–H and O–H groups in total. The van der Waals surface area contributed by atoms with Gasteiger partial charge in [-0.15, -0.1) is 0 Å². The van der Waals surface area contributed by atoms with E-state index >= 15 is 0 Å². The number of nitrogens with zero attached hydrogens (tertiary/aromatic N) is 2. The molecule has 1 amide bonds. The minimum atomic E-state index is -0.128. The van der Waals surface area contributed by atoms with E-state index in [4.69, 9.17) is 0 Å². The highest BCUT2D eigenvalue weighted by Gasteiger charge is 2.09. The van der Waals surface area contributed by atoms with E-state index in [9.17, 15) is 4.79 Å². The Morgan fingerprint density at radius 3 is 2.38 bits per heavy atom. The Morgan fingerprint density at radius 2 is 1.67 bits per heavy atom. The van der Waals surface area contributed by atoms with E-state index < -0.39 is 0 Å². The molecule has 0 aliphatic rings. The van der Waals surface area contributed by atoms with Gasteiger partial charge in [0.2, 0.25) is 5.91 Å². The highest BCUT2D eigenvalue weighted by atomic mass is 16.1. The SMILES string of the molecule is O=C(Cc1nc(-c2ccccc2)n[nH]1)Nc1ccccc1. The van der Waals surface area contributed by atoms with Crippen molar-refractivity contribution in [1.82, 2.24) is 15.2 Å². The predicted octanol–water partition coefficient (Wildman–Crippen LogP) is 2.65. The van der Waals surface area contributed by atoms with Crippen molar-refractivity contribution in [2.24, 2.45) is 0 Å². The highest BCUT2D eigenvalue weighted by Crippen LogP contribution is 2.13. The fourth-order valence-corrected chi connectivity index (χ4v) is 1.97. The molecule has 0 spiro atoms. The number of para-hydroxylation sites is 1. The first-order valence-corrected chi connectivity index (χ1v) is 6.63. The summed E-state index contributed by atoms with van der Waals surface area (Å²) >= 11 is 0. The predicted molar refractivity (Wildman–Crippen MR) is 80.6 cm³/mol. The molecule has 3 aromatic rings. The van der Waals surface area contributed by atoms with Crippen molar-refractivity contribution in [1.29, 1.82) is 0 Å². The van der Waals surface area contributed by atoms with Crippen LogP contribution in [0.2, 0.25) is 0 Å². The molecule has 0 saturated heterocycles. The number of hydrogen-bond acceptors (Lipinski definition) is 3. The molecule has 0 aliphatic carbocycles. The van der Waals surface area contributed by atoms with Crippen molar-refractivity contribution in [3.05, 3.63) is 66.5 Å². The summed E-state index contributed by atoms with van der Waals surface area (Å²) in [6.45, 7) is 0. The van der Waals surface area contributed by atoms with Crippen LogP contribution < -0.4 is 5.32 Å². The smallest absolute Gasteiger partial charge is 0.232 e. The van der Waals surface area contributed by atoms with Crippen molar-refractivity contribution >= 4 is 11.6 Å². The van der Waals surface area contributed by atoms with Gasteiger partial charge in [-0.05, 0) is 12.1 Å². The molecular weight excluding hydrogens is 264 g/mol. The molecule has 0 bridgehead atoms. The summed E-state index contributed by atoms with van der Waals surface area (Å²) in [4.78, 5) is 16.3. The Bertz CT molecular complexity index is 722. The van der Waals surface area contributed by atoms with E-state index in [1.54, 1.807) is 0 Å². The molecule has 0 unspecified atom stereocenters. The van der Waals surface area contributed by atoms with E-state index in [2.05, 4.69) is 20.5 Å². The molecular formula is C16H14N4O. The van der Waals surface area contributed by atoms with Crippen molar-refractivity contribution in [2.75, 3.05) is 5.32 Å². The summed E-state index contributed by atoms with van der Waals surface area (Å²) in [7, 11) is 0. The van der Waals surface area contributed by atoms with Crippen LogP contribution in [0.5, 0.6) is 0 Å². The normalized spacial score (nSPS) is 10.3. The molecule has 5 nitrogen and oxygen atoms in total. The molecule has 21 heavy (non-hydrogen) atoms. The first kappa shape index (κ1) is 13.1. The van der Waals surface area contributed by atoms with Crippen LogP contribution in [-0.4, -0.2) is 21.1 Å². The van der Waals surface area contributed by atoms with Gasteiger partial charge in [-0.3, -0.25) is 9.89 Å². The van der Waals surface area contributed by atoms with Gasteiger partial charge in [0.25, 0.3) is 0 Å². The maximum Gasteiger partial charge on any atom is 0.232 e. The molecule has 0 aliphatic heterocycles. The number of amides is 1. The average Bonchev–Trinajstić information content (AvgIpc) is 2.97. The number of rotatable bonds is 4. The summed E-state index contributed by atoms with van der Waals surface area (Å²) in [5, 5.41) is 9.74. The number of anilines is 1. The lowest BCUT2D eigenvalue weighted by Crippen LogP contribution is -2.15. The molecule has 0 radical (unpaired) electrons. The fourth-order valence-electron chi connectivity index (χ4n) is 1.97. The Morgan fingerprint density at radius 1 is 1.00 bits per heavy atom. The van der Waals surface area contributed by atoms with Crippen molar-refractivity contribution in [2.45, 2.75) is 6.42 Å². The largest absolute Gasteiger partial charge is 0.326 e. The number of H-pyrrole nitrogens is 1. The molecule has 0 atom stereocenters. The van der Waals surface area contributed by atoms with Crippen LogP contribution in [0.1, 0.15) is 5.82 Å². The summed E-state index contributed by atoms with van der Waals surface area (Å²) in [6, 6.07) is 19.0. The third kappa shape index (κ3) is 3.33. The zero-order valence-corrected chi connectivity index (χ0v) is 11.3. The number of hydrogen-bond donors (Lipinski definition) is 2. The van der Waals surface area contributed by atoms with Crippen molar-refractivity contribution < 1.29 is 4.79 Å². The summed E-state index contributed by atoms with van der Waals surface area (Å²) in [6.07, 6.45) is 0.161. The molecule has 1 aromatic heterocycles. The van der Waals surface area contributed by atoms with Crippen LogP contribution in [0.4, 0.5) is 5.69 Å².